The van der Waals surface area contributed by atoms with E-state index in [1.54, 1.807) is 25.3 Å². The second-order valence-corrected chi connectivity index (χ2v) is 4.93. The van der Waals surface area contributed by atoms with Gasteiger partial charge in [-0.05, 0) is 25.0 Å². The highest BCUT2D eigenvalue weighted by Crippen LogP contribution is 2.26. The van der Waals surface area contributed by atoms with Crippen LogP contribution in [0.15, 0.2) is 18.2 Å². The van der Waals surface area contributed by atoms with Crippen LogP contribution in [0.5, 0.6) is 5.75 Å². The minimum atomic E-state index is -0.0461. The van der Waals surface area contributed by atoms with E-state index in [0.717, 1.165) is 19.4 Å². The second kappa shape index (κ2) is 10.0. The molecule has 0 atom stereocenters. The first kappa shape index (κ1) is 17.3. The number of amides is 1. The number of nitrogens with two attached hydrogens (primary N) is 1. The Morgan fingerprint density at radius 1 is 1.24 bits per heavy atom. The van der Waals surface area contributed by atoms with Crippen molar-refractivity contribution in [3.8, 4) is 5.75 Å². The number of rotatable bonds is 10. The van der Waals surface area contributed by atoms with E-state index < -0.39 is 0 Å². The molecule has 5 heteroatoms. The van der Waals surface area contributed by atoms with Crippen molar-refractivity contribution in [2.45, 2.75) is 39.0 Å². The average molecular weight is 294 g/mol. The molecule has 0 fully saturated rings. The summed E-state index contributed by atoms with van der Waals surface area (Å²) in [5, 5.41) is 2.82. The molecule has 1 aromatic carbocycles. The minimum absolute atomic E-state index is 0.0461. The van der Waals surface area contributed by atoms with Crippen molar-refractivity contribution in [3.63, 3.8) is 0 Å². The van der Waals surface area contributed by atoms with E-state index in [4.69, 9.17) is 15.2 Å². The van der Waals surface area contributed by atoms with Crippen molar-refractivity contribution in [3.05, 3.63) is 18.2 Å². The fraction of sp³-hybridized carbons (Fsp3) is 0.562. The van der Waals surface area contributed by atoms with Gasteiger partial charge in [0.15, 0.2) is 0 Å². The van der Waals surface area contributed by atoms with Crippen molar-refractivity contribution < 1.29 is 14.3 Å². The van der Waals surface area contributed by atoms with E-state index >= 15 is 0 Å². The molecule has 1 rings (SSSR count). The maximum Gasteiger partial charge on any atom is 0.224 e. The first-order valence-corrected chi connectivity index (χ1v) is 7.48. The maximum atomic E-state index is 11.8. The standard InChI is InChI=1S/C16H26N2O3/c1-3-4-5-10-21-11-6-7-16(19)18-14-9-8-13(17)12-15(14)20-2/h8-9,12H,3-7,10-11,17H2,1-2H3,(H,18,19). The number of nitrogens with one attached hydrogen (secondary N) is 1. The molecule has 1 aromatic rings. The molecule has 0 aliphatic rings. The lowest BCUT2D eigenvalue weighted by molar-refractivity contribution is -0.116. The normalized spacial score (nSPS) is 10.4. The Morgan fingerprint density at radius 2 is 2.00 bits per heavy atom. The highest BCUT2D eigenvalue weighted by molar-refractivity contribution is 5.92. The monoisotopic (exact) mass is 294 g/mol. The SMILES string of the molecule is CCCCCOCCCC(=O)Nc1ccc(N)cc1OC. The molecular weight excluding hydrogens is 268 g/mol. The molecule has 0 unspecified atom stereocenters. The third-order valence-electron chi connectivity index (χ3n) is 3.08. The number of ether oxygens (including phenoxy) is 2. The van der Waals surface area contributed by atoms with Crippen molar-refractivity contribution in [1.82, 2.24) is 0 Å². The Hall–Kier alpha value is -1.75. The molecule has 0 radical (unpaired) electrons. The predicted molar refractivity (Wildman–Crippen MR) is 85.6 cm³/mol. The van der Waals surface area contributed by atoms with Crippen LogP contribution in [0, 0.1) is 0 Å². The molecule has 0 saturated carbocycles. The highest BCUT2D eigenvalue weighted by atomic mass is 16.5. The van der Waals surface area contributed by atoms with E-state index in [1.165, 1.54) is 12.8 Å². The summed E-state index contributed by atoms with van der Waals surface area (Å²) in [4.78, 5) is 11.8. The van der Waals surface area contributed by atoms with Gasteiger partial charge in [-0.15, -0.1) is 0 Å². The van der Waals surface area contributed by atoms with Crippen LogP contribution in [0.25, 0.3) is 0 Å². The number of carbonyl (C=O) groups is 1. The fourth-order valence-electron chi connectivity index (χ4n) is 1.91. The molecule has 0 heterocycles. The van der Waals surface area contributed by atoms with Crippen LogP contribution in [0.2, 0.25) is 0 Å². The van der Waals surface area contributed by atoms with E-state index in [-0.39, 0.29) is 5.91 Å². The van der Waals surface area contributed by atoms with Crippen LogP contribution < -0.4 is 15.8 Å². The molecule has 0 saturated heterocycles. The summed E-state index contributed by atoms with van der Waals surface area (Å²) in [5.74, 6) is 0.523. The smallest absolute Gasteiger partial charge is 0.224 e. The van der Waals surface area contributed by atoms with Gasteiger partial charge in [0, 0.05) is 31.4 Å². The Bertz CT molecular complexity index is 436. The Morgan fingerprint density at radius 3 is 2.71 bits per heavy atom. The Kier molecular flexibility index (Phi) is 8.28. The van der Waals surface area contributed by atoms with Gasteiger partial charge in [0.1, 0.15) is 5.75 Å². The van der Waals surface area contributed by atoms with Crippen LogP contribution in [0.4, 0.5) is 11.4 Å². The summed E-state index contributed by atoms with van der Waals surface area (Å²) < 4.78 is 10.7. The van der Waals surface area contributed by atoms with Gasteiger partial charge in [-0.25, -0.2) is 0 Å². The minimum Gasteiger partial charge on any atom is -0.494 e. The summed E-state index contributed by atoms with van der Waals surface area (Å²) in [6, 6.07) is 5.16. The van der Waals surface area contributed by atoms with Crippen molar-refractivity contribution in [2.75, 3.05) is 31.4 Å². The van der Waals surface area contributed by atoms with Gasteiger partial charge >= 0.3 is 0 Å². The van der Waals surface area contributed by atoms with Gasteiger partial charge in [-0.3, -0.25) is 4.79 Å². The zero-order valence-electron chi connectivity index (χ0n) is 13.0. The zero-order chi connectivity index (χ0) is 15.5. The number of hydrogen-bond acceptors (Lipinski definition) is 4. The average Bonchev–Trinajstić information content (AvgIpc) is 2.48. The van der Waals surface area contributed by atoms with E-state index in [2.05, 4.69) is 12.2 Å². The topological polar surface area (TPSA) is 73.6 Å². The number of anilines is 2. The van der Waals surface area contributed by atoms with E-state index in [0.29, 0.717) is 30.2 Å². The molecule has 5 nitrogen and oxygen atoms in total. The van der Waals surface area contributed by atoms with Crippen molar-refractivity contribution in [2.24, 2.45) is 0 Å². The summed E-state index contributed by atoms with van der Waals surface area (Å²) in [6.45, 7) is 3.56. The molecule has 0 aliphatic carbocycles. The Labute approximate surface area is 126 Å². The number of methoxy groups -OCH3 is 1. The quantitative estimate of drug-likeness (QED) is 0.513. The van der Waals surface area contributed by atoms with Gasteiger partial charge in [0.2, 0.25) is 5.91 Å². The van der Waals surface area contributed by atoms with Crippen LogP contribution >= 0.6 is 0 Å². The van der Waals surface area contributed by atoms with Crippen LogP contribution in [-0.2, 0) is 9.53 Å². The first-order chi connectivity index (χ1) is 10.2. The first-order valence-electron chi connectivity index (χ1n) is 7.48. The summed E-state index contributed by atoms with van der Waals surface area (Å²) >= 11 is 0. The number of unbranched alkanes of at least 4 members (excludes halogenated alkanes) is 2. The van der Waals surface area contributed by atoms with Crippen molar-refractivity contribution in [1.29, 1.82) is 0 Å². The predicted octanol–water partition coefficient (Wildman–Crippen LogP) is 3.20. The highest BCUT2D eigenvalue weighted by Gasteiger charge is 2.07. The van der Waals surface area contributed by atoms with E-state index in [9.17, 15) is 4.79 Å². The van der Waals surface area contributed by atoms with Crippen LogP contribution in [0.3, 0.4) is 0 Å². The van der Waals surface area contributed by atoms with Crippen LogP contribution in [-0.4, -0.2) is 26.2 Å². The fourth-order valence-corrected chi connectivity index (χ4v) is 1.91. The van der Waals surface area contributed by atoms with Gasteiger partial charge in [0.25, 0.3) is 0 Å². The zero-order valence-corrected chi connectivity index (χ0v) is 13.0. The molecule has 0 spiro atoms. The number of carbonyl (C=O) groups excluding carboxylic acids is 1. The third kappa shape index (κ3) is 6.99. The lowest BCUT2D eigenvalue weighted by Crippen LogP contribution is -2.13. The summed E-state index contributed by atoms with van der Waals surface area (Å²) in [6.07, 6.45) is 4.62. The third-order valence-corrected chi connectivity index (χ3v) is 3.08. The molecule has 0 bridgehead atoms. The van der Waals surface area contributed by atoms with Gasteiger partial charge in [0.05, 0.1) is 12.8 Å². The molecule has 0 aromatic heterocycles. The lowest BCUT2D eigenvalue weighted by atomic mass is 10.2. The summed E-state index contributed by atoms with van der Waals surface area (Å²) in [5.41, 5.74) is 6.91. The molecular formula is C16H26N2O3. The van der Waals surface area contributed by atoms with Gasteiger partial charge in [-0.2, -0.15) is 0 Å². The molecule has 118 valence electrons. The number of benzene rings is 1. The number of hydrogen-bond donors (Lipinski definition) is 2. The second-order valence-electron chi connectivity index (χ2n) is 4.93. The largest absolute Gasteiger partial charge is 0.494 e. The maximum absolute atomic E-state index is 11.8. The van der Waals surface area contributed by atoms with Crippen molar-refractivity contribution >= 4 is 17.3 Å². The molecule has 0 aliphatic heterocycles. The molecule has 21 heavy (non-hydrogen) atoms. The molecule has 1 amide bonds. The van der Waals surface area contributed by atoms with Gasteiger partial charge < -0.3 is 20.5 Å². The van der Waals surface area contributed by atoms with Gasteiger partial charge in [-0.1, -0.05) is 19.8 Å². The number of nitrogen functional groups attached to an aromatic ring is 1. The summed E-state index contributed by atoms with van der Waals surface area (Å²) in [7, 11) is 1.55. The Balaban J connectivity index is 2.25. The van der Waals surface area contributed by atoms with E-state index in [1.807, 2.05) is 0 Å². The molecule has 3 N–H and O–H groups in total. The lowest BCUT2D eigenvalue weighted by Gasteiger charge is -2.11. The van der Waals surface area contributed by atoms with Crippen LogP contribution in [0.1, 0.15) is 39.0 Å².